The Morgan fingerprint density at radius 3 is 2.64 bits per heavy atom. The maximum Gasteiger partial charge on any atom is 0.0278 e. The van der Waals surface area contributed by atoms with Crippen molar-refractivity contribution in [3.05, 3.63) is 0 Å². The molecule has 2 fully saturated rings. The summed E-state index contributed by atoms with van der Waals surface area (Å²) in [6, 6.07) is 0.787. The Balaban J connectivity index is 1.94. The first-order chi connectivity index (χ1) is 6.63. The molecule has 1 unspecified atom stereocenters. The summed E-state index contributed by atoms with van der Waals surface area (Å²) in [4.78, 5) is 2.67. The SMILES string of the molecule is CCCN1CC(C2CC2)NCC1(C)C. The number of hydrogen-bond donors (Lipinski definition) is 1. The van der Waals surface area contributed by atoms with Gasteiger partial charge in [0, 0.05) is 24.7 Å². The fraction of sp³-hybridized carbons (Fsp3) is 1.00. The zero-order chi connectivity index (χ0) is 10.2. The molecule has 1 atom stereocenters. The Morgan fingerprint density at radius 1 is 1.36 bits per heavy atom. The molecule has 2 aliphatic rings. The molecule has 1 aliphatic heterocycles. The van der Waals surface area contributed by atoms with Crippen molar-refractivity contribution in [3.63, 3.8) is 0 Å². The molecule has 0 aromatic carbocycles. The summed E-state index contributed by atoms with van der Waals surface area (Å²) in [5, 5.41) is 3.72. The lowest BCUT2D eigenvalue weighted by Crippen LogP contribution is -2.62. The van der Waals surface area contributed by atoms with Crippen molar-refractivity contribution in [2.24, 2.45) is 5.92 Å². The van der Waals surface area contributed by atoms with Gasteiger partial charge in [-0.3, -0.25) is 4.90 Å². The highest BCUT2D eigenvalue weighted by Crippen LogP contribution is 2.35. The monoisotopic (exact) mass is 196 g/mol. The van der Waals surface area contributed by atoms with Gasteiger partial charge in [0.1, 0.15) is 0 Å². The molecule has 0 amide bonds. The summed E-state index contributed by atoms with van der Waals surface area (Å²) in [7, 11) is 0. The number of rotatable bonds is 3. The molecule has 2 rings (SSSR count). The van der Waals surface area contributed by atoms with Crippen LogP contribution in [0.3, 0.4) is 0 Å². The van der Waals surface area contributed by atoms with E-state index >= 15 is 0 Å². The third-order valence-electron chi connectivity index (χ3n) is 3.75. The predicted octanol–water partition coefficient (Wildman–Crippen LogP) is 1.86. The highest BCUT2D eigenvalue weighted by Gasteiger charge is 2.39. The first-order valence-electron chi connectivity index (χ1n) is 6.12. The summed E-state index contributed by atoms with van der Waals surface area (Å²) in [6.45, 7) is 10.7. The molecule has 2 heteroatoms. The molecule has 0 aromatic rings. The molecule has 1 saturated heterocycles. The van der Waals surface area contributed by atoms with Gasteiger partial charge >= 0.3 is 0 Å². The van der Waals surface area contributed by atoms with Crippen LogP contribution in [0.2, 0.25) is 0 Å². The van der Waals surface area contributed by atoms with Crippen LogP contribution in [0, 0.1) is 5.92 Å². The lowest BCUT2D eigenvalue weighted by Gasteiger charge is -2.46. The lowest BCUT2D eigenvalue weighted by atomic mass is 9.95. The van der Waals surface area contributed by atoms with Crippen molar-refractivity contribution >= 4 is 0 Å². The molecule has 2 nitrogen and oxygen atoms in total. The Labute approximate surface area is 88.1 Å². The molecule has 0 bridgehead atoms. The van der Waals surface area contributed by atoms with Crippen molar-refractivity contribution in [1.29, 1.82) is 0 Å². The highest BCUT2D eigenvalue weighted by molar-refractivity contribution is 4.98. The largest absolute Gasteiger partial charge is 0.311 e. The Bertz CT molecular complexity index is 196. The summed E-state index contributed by atoms with van der Waals surface area (Å²) < 4.78 is 0. The quantitative estimate of drug-likeness (QED) is 0.741. The van der Waals surface area contributed by atoms with Crippen molar-refractivity contribution in [2.75, 3.05) is 19.6 Å². The van der Waals surface area contributed by atoms with Crippen LogP contribution in [0.5, 0.6) is 0 Å². The number of nitrogens with zero attached hydrogens (tertiary/aromatic N) is 1. The molecule has 82 valence electrons. The van der Waals surface area contributed by atoms with Gasteiger partial charge in [-0.25, -0.2) is 0 Å². The Kier molecular flexibility index (Phi) is 2.85. The average Bonchev–Trinajstić information content (AvgIpc) is 2.92. The first kappa shape index (κ1) is 10.4. The zero-order valence-corrected chi connectivity index (χ0v) is 9.84. The van der Waals surface area contributed by atoms with Crippen molar-refractivity contribution in [3.8, 4) is 0 Å². The van der Waals surface area contributed by atoms with Crippen LogP contribution >= 0.6 is 0 Å². The van der Waals surface area contributed by atoms with E-state index in [9.17, 15) is 0 Å². The van der Waals surface area contributed by atoms with Crippen molar-refractivity contribution < 1.29 is 0 Å². The molecular formula is C12H24N2. The van der Waals surface area contributed by atoms with Crippen LogP contribution in [0.4, 0.5) is 0 Å². The second-order valence-corrected chi connectivity index (χ2v) is 5.58. The van der Waals surface area contributed by atoms with Gasteiger partial charge in [0.25, 0.3) is 0 Å². The molecule has 1 heterocycles. The molecule has 1 aliphatic carbocycles. The van der Waals surface area contributed by atoms with E-state index in [1.54, 1.807) is 0 Å². The van der Waals surface area contributed by atoms with E-state index in [0.29, 0.717) is 5.54 Å². The minimum Gasteiger partial charge on any atom is -0.311 e. The van der Waals surface area contributed by atoms with Gasteiger partial charge in [0.2, 0.25) is 0 Å². The van der Waals surface area contributed by atoms with Crippen LogP contribution in [-0.2, 0) is 0 Å². The van der Waals surface area contributed by atoms with Gasteiger partial charge in [0.05, 0.1) is 0 Å². The average molecular weight is 196 g/mol. The van der Waals surface area contributed by atoms with Gasteiger partial charge in [-0.1, -0.05) is 6.92 Å². The smallest absolute Gasteiger partial charge is 0.0278 e. The topological polar surface area (TPSA) is 15.3 Å². The first-order valence-corrected chi connectivity index (χ1v) is 6.12. The van der Waals surface area contributed by atoms with E-state index in [4.69, 9.17) is 0 Å². The highest BCUT2D eigenvalue weighted by atomic mass is 15.3. The van der Waals surface area contributed by atoms with Gasteiger partial charge in [-0.15, -0.1) is 0 Å². The summed E-state index contributed by atoms with van der Waals surface area (Å²) >= 11 is 0. The lowest BCUT2D eigenvalue weighted by molar-refractivity contribution is 0.0609. The standard InChI is InChI=1S/C12H24N2/c1-4-7-14-8-11(10-5-6-10)13-9-12(14,2)3/h10-11,13H,4-9H2,1-3H3. The summed E-state index contributed by atoms with van der Waals surface area (Å²) in [5.74, 6) is 0.991. The third kappa shape index (κ3) is 2.12. The fourth-order valence-electron chi connectivity index (χ4n) is 2.52. The van der Waals surface area contributed by atoms with Crippen molar-refractivity contribution in [2.45, 2.75) is 51.6 Å². The zero-order valence-electron chi connectivity index (χ0n) is 9.84. The number of piperazine rings is 1. The van der Waals surface area contributed by atoms with E-state index < -0.39 is 0 Å². The summed E-state index contributed by atoms with van der Waals surface area (Å²) in [5.41, 5.74) is 0.363. The Hall–Kier alpha value is -0.0800. The molecule has 1 saturated carbocycles. The van der Waals surface area contributed by atoms with Crippen LogP contribution in [0.1, 0.15) is 40.0 Å². The molecule has 1 N–H and O–H groups in total. The minimum atomic E-state index is 0.363. The maximum atomic E-state index is 3.72. The molecule has 14 heavy (non-hydrogen) atoms. The van der Waals surface area contributed by atoms with Gasteiger partial charge in [-0.05, 0) is 45.6 Å². The van der Waals surface area contributed by atoms with Gasteiger partial charge in [-0.2, -0.15) is 0 Å². The minimum absolute atomic E-state index is 0.363. The van der Waals surface area contributed by atoms with Gasteiger partial charge < -0.3 is 5.32 Å². The normalized spacial score (nSPS) is 33.2. The number of nitrogens with one attached hydrogen (secondary N) is 1. The molecule has 0 radical (unpaired) electrons. The second-order valence-electron chi connectivity index (χ2n) is 5.58. The predicted molar refractivity (Wildman–Crippen MR) is 60.5 cm³/mol. The van der Waals surface area contributed by atoms with Gasteiger partial charge in [0.15, 0.2) is 0 Å². The van der Waals surface area contributed by atoms with E-state index in [0.717, 1.165) is 18.5 Å². The molecular weight excluding hydrogens is 172 g/mol. The maximum absolute atomic E-state index is 3.72. The fourth-order valence-corrected chi connectivity index (χ4v) is 2.52. The van der Waals surface area contributed by atoms with E-state index in [1.165, 1.54) is 32.4 Å². The van der Waals surface area contributed by atoms with Crippen LogP contribution in [0.15, 0.2) is 0 Å². The van der Waals surface area contributed by atoms with Crippen LogP contribution in [-0.4, -0.2) is 36.1 Å². The van der Waals surface area contributed by atoms with E-state index in [2.05, 4.69) is 31.0 Å². The van der Waals surface area contributed by atoms with E-state index in [1.807, 2.05) is 0 Å². The van der Waals surface area contributed by atoms with Crippen LogP contribution < -0.4 is 5.32 Å². The summed E-state index contributed by atoms with van der Waals surface area (Å²) in [6.07, 6.45) is 4.19. The van der Waals surface area contributed by atoms with Crippen molar-refractivity contribution in [1.82, 2.24) is 10.2 Å². The number of hydrogen-bond acceptors (Lipinski definition) is 2. The molecule has 0 spiro atoms. The Morgan fingerprint density at radius 2 is 2.07 bits per heavy atom. The van der Waals surface area contributed by atoms with E-state index in [-0.39, 0.29) is 0 Å². The second kappa shape index (κ2) is 3.82. The molecule has 0 aromatic heterocycles. The third-order valence-corrected chi connectivity index (χ3v) is 3.75. The van der Waals surface area contributed by atoms with Crippen LogP contribution in [0.25, 0.3) is 0 Å².